The van der Waals surface area contributed by atoms with Crippen LogP contribution in [0.5, 0.6) is 0 Å². The molecule has 0 aliphatic rings. The van der Waals surface area contributed by atoms with Gasteiger partial charge in [0.25, 0.3) is 0 Å². The van der Waals surface area contributed by atoms with E-state index in [9.17, 15) is 0 Å². The number of nitrogens with one attached hydrogen (secondary N) is 1. The van der Waals surface area contributed by atoms with Crippen molar-refractivity contribution in [2.75, 3.05) is 6.54 Å². The molecule has 0 aromatic carbocycles. The SMILES string of the molecule is CCNCc1cn(CCc2nccn2C)c2ncccc12. The van der Waals surface area contributed by atoms with Gasteiger partial charge >= 0.3 is 0 Å². The van der Waals surface area contributed by atoms with Crippen molar-refractivity contribution in [2.24, 2.45) is 7.05 Å². The van der Waals surface area contributed by atoms with Gasteiger partial charge in [0.1, 0.15) is 11.5 Å². The highest BCUT2D eigenvalue weighted by molar-refractivity contribution is 5.80. The lowest BCUT2D eigenvalue weighted by Gasteiger charge is -2.04. The summed E-state index contributed by atoms with van der Waals surface area (Å²) in [7, 11) is 2.03. The highest BCUT2D eigenvalue weighted by Gasteiger charge is 2.09. The zero-order chi connectivity index (χ0) is 14.7. The molecule has 21 heavy (non-hydrogen) atoms. The van der Waals surface area contributed by atoms with Crippen LogP contribution in [-0.2, 0) is 26.6 Å². The summed E-state index contributed by atoms with van der Waals surface area (Å²) in [4.78, 5) is 8.92. The van der Waals surface area contributed by atoms with E-state index >= 15 is 0 Å². The van der Waals surface area contributed by atoms with Crippen LogP contribution in [0.4, 0.5) is 0 Å². The van der Waals surface area contributed by atoms with E-state index in [1.54, 1.807) is 0 Å². The molecule has 110 valence electrons. The number of pyridine rings is 1. The van der Waals surface area contributed by atoms with Gasteiger partial charge in [-0.2, -0.15) is 0 Å². The smallest absolute Gasteiger partial charge is 0.140 e. The van der Waals surface area contributed by atoms with Crippen LogP contribution in [0.25, 0.3) is 11.0 Å². The topological polar surface area (TPSA) is 47.7 Å². The summed E-state index contributed by atoms with van der Waals surface area (Å²) in [6, 6.07) is 4.15. The third-order valence-corrected chi connectivity index (χ3v) is 3.78. The van der Waals surface area contributed by atoms with Crippen LogP contribution in [-0.4, -0.2) is 25.6 Å². The van der Waals surface area contributed by atoms with Crippen molar-refractivity contribution in [1.82, 2.24) is 24.4 Å². The Morgan fingerprint density at radius 3 is 2.90 bits per heavy atom. The maximum atomic E-state index is 4.54. The summed E-state index contributed by atoms with van der Waals surface area (Å²) in [6.07, 6.45) is 8.81. The molecule has 5 heteroatoms. The largest absolute Gasteiger partial charge is 0.338 e. The lowest BCUT2D eigenvalue weighted by Crippen LogP contribution is -2.11. The summed E-state index contributed by atoms with van der Waals surface area (Å²) in [6.45, 7) is 4.87. The molecule has 0 saturated heterocycles. The Morgan fingerprint density at radius 2 is 2.14 bits per heavy atom. The van der Waals surface area contributed by atoms with Gasteiger partial charge in [-0.1, -0.05) is 6.92 Å². The van der Waals surface area contributed by atoms with Crippen LogP contribution in [0.1, 0.15) is 18.3 Å². The maximum Gasteiger partial charge on any atom is 0.140 e. The molecule has 0 atom stereocenters. The Labute approximate surface area is 124 Å². The standard InChI is InChI=1S/C16H21N5/c1-3-17-11-13-12-21(16-14(13)5-4-7-19-16)9-6-15-18-8-10-20(15)2/h4-5,7-8,10,12,17H,3,6,9,11H2,1-2H3. The number of aromatic nitrogens is 4. The van der Waals surface area contributed by atoms with Crippen LogP contribution >= 0.6 is 0 Å². The Morgan fingerprint density at radius 1 is 1.24 bits per heavy atom. The molecule has 0 aliphatic heterocycles. The molecule has 0 bridgehead atoms. The summed E-state index contributed by atoms with van der Waals surface area (Å²) in [5.41, 5.74) is 2.36. The van der Waals surface area contributed by atoms with Crippen molar-refractivity contribution in [3.8, 4) is 0 Å². The van der Waals surface area contributed by atoms with Crippen LogP contribution < -0.4 is 5.32 Å². The zero-order valence-electron chi connectivity index (χ0n) is 12.6. The molecule has 0 spiro atoms. The van der Waals surface area contributed by atoms with Crippen LogP contribution in [0.3, 0.4) is 0 Å². The van der Waals surface area contributed by atoms with Crippen molar-refractivity contribution in [2.45, 2.75) is 26.4 Å². The van der Waals surface area contributed by atoms with Crippen molar-refractivity contribution in [3.05, 3.63) is 48.3 Å². The van der Waals surface area contributed by atoms with Crippen LogP contribution in [0, 0.1) is 0 Å². The maximum absolute atomic E-state index is 4.54. The van der Waals surface area contributed by atoms with E-state index in [1.165, 1.54) is 10.9 Å². The quantitative estimate of drug-likeness (QED) is 0.754. The van der Waals surface area contributed by atoms with Gasteiger partial charge < -0.3 is 14.5 Å². The molecule has 3 heterocycles. The van der Waals surface area contributed by atoms with E-state index < -0.39 is 0 Å². The number of fused-ring (bicyclic) bond motifs is 1. The highest BCUT2D eigenvalue weighted by atomic mass is 15.1. The minimum Gasteiger partial charge on any atom is -0.338 e. The number of hydrogen-bond acceptors (Lipinski definition) is 3. The van der Waals surface area contributed by atoms with E-state index in [4.69, 9.17) is 0 Å². The molecule has 0 saturated carbocycles. The van der Waals surface area contributed by atoms with Crippen molar-refractivity contribution in [1.29, 1.82) is 0 Å². The van der Waals surface area contributed by atoms with Gasteiger partial charge in [0.15, 0.2) is 0 Å². The van der Waals surface area contributed by atoms with Crippen molar-refractivity contribution >= 4 is 11.0 Å². The number of nitrogens with zero attached hydrogens (tertiary/aromatic N) is 4. The predicted octanol–water partition coefficient (Wildman–Crippen LogP) is 2.12. The molecule has 0 unspecified atom stereocenters. The van der Waals surface area contributed by atoms with Gasteiger partial charge in [-0.05, 0) is 24.2 Å². The van der Waals surface area contributed by atoms with Gasteiger partial charge in [-0.15, -0.1) is 0 Å². The van der Waals surface area contributed by atoms with E-state index in [2.05, 4.69) is 43.6 Å². The monoisotopic (exact) mass is 283 g/mol. The fourth-order valence-electron chi connectivity index (χ4n) is 2.62. The number of imidazole rings is 1. The van der Waals surface area contributed by atoms with E-state index in [-0.39, 0.29) is 0 Å². The molecule has 3 aromatic heterocycles. The Hall–Kier alpha value is -2.14. The molecular weight excluding hydrogens is 262 g/mol. The van der Waals surface area contributed by atoms with Crippen molar-refractivity contribution in [3.63, 3.8) is 0 Å². The fourth-order valence-corrected chi connectivity index (χ4v) is 2.62. The minimum atomic E-state index is 0.883. The molecule has 0 amide bonds. The molecule has 0 fully saturated rings. The minimum absolute atomic E-state index is 0.883. The Bertz CT molecular complexity index is 725. The number of aryl methyl sites for hydroxylation is 3. The lowest BCUT2D eigenvalue weighted by atomic mass is 10.2. The van der Waals surface area contributed by atoms with E-state index in [0.29, 0.717) is 0 Å². The predicted molar refractivity (Wildman–Crippen MR) is 84.0 cm³/mol. The zero-order valence-corrected chi connectivity index (χ0v) is 12.6. The Kier molecular flexibility index (Phi) is 4.01. The summed E-state index contributed by atoms with van der Waals surface area (Å²) >= 11 is 0. The normalized spacial score (nSPS) is 11.3. The summed E-state index contributed by atoms with van der Waals surface area (Å²) in [5.74, 6) is 1.10. The first-order valence-electron chi connectivity index (χ1n) is 7.39. The third-order valence-electron chi connectivity index (χ3n) is 3.78. The second kappa shape index (κ2) is 6.10. The van der Waals surface area contributed by atoms with E-state index in [1.807, 2.05) is 31.7 Å². The Balaban J connectivity index is 1.86. The summed E-state index contributed by atoms with van der Waals surface area (Å²) in [5, 5.41) is 4.63. The van der Waals surface area contributed by atoms with Gasteiger partial charge in [0.05, 0.1) is 0 Å². The molecule has 3 aromatic rings. The fraction of sp³-hybridized carbons (Fsp3) is 0.375. The van der Waals surface area contributed by atoms with Gasteiger partial charge in [-0.25, -0.2) is 9.97 Å². The molecule has 0 aliphatic carbocycles. The van der Waals surface area contributed by atoms with Crippen LogP contribution in [0.15, 0.2) is 36.9 Å². The second-order valence-corrected chi connectivity index (χ2v) is 5.21. The summed E-state index contributed by atoms with van der Waals surface area (Å²) < 4.78 is 4.30. The second-order valence-electron chi connectivity index (χ2n) is 5.21. The molecule has 3 rings (SSSR count). The first-order chi connectivity index (χ1) is 10.3. The first kappa shape index (κ1) is 13.8. The number of hydrogen-bond donors (Lipinski definition) is 1. The van der Waals surface area contributed by atoms with E-state index in [0.717, 1.165) is 37.5 Å². The van der Waals surface area contributed by atoms with Crippen LogP contribution in [0.2, 0.25) is 0 Å². The van der Waals surface area contributed by atoms with Gasteiger partial charge in [-0.3, -0.25) is 0 Å². The van der Waals surface area contributed by atoms with Gasteiger partial charge in [0, 0.05) is 56.7 Å². The molecule has 1 N–H and O–H groups in total. The highest BCUT2D eigenvalue weighted by Crippen LogP contribution is 2.19. The van der Waals surface area contributed by atoms with Crippen molar-refractivity contribution < 1.29 is 0 Å². The molecule has 0 radical (unpaired) electrons. The third kappa shape index (κ3) is 2.83. The number of rotatable bonds is 6. The molecule has 5 nitrogen and oxygen atoms in total. The average Bonchev–Trinajstić information content (AvgIpc) is 3.07. The lowest BCUT2D eigenvalue weighted by molar-refractivity contribution is 0.658. The first-order valence-corrected chi connectivity index (χ1v) is 7.39. The molecular formula is C16H21N5. The van der Waals surface area contributed by atoms with Gasteiger partial charge in [0.2, 0.25) is 0 Å². The average molecular weight is 283 g/mol.